The van der Waals surface area contributed by atoms with Crippen molar-refractivity contribution in [2.24, 2.45) is 0 Å². The molecule has 3 N–H and O–H groups in total. The summed E-state index contributed by atoms with van der Waals surface area (Å²) in [6.07, 6.45) is 2.81. The number of carbonyl (C=O) groups excluding carboxylic acids is 3. The van der Waals surface area contributed by atoms with Crippen molar-refractivity contribution in [3.05, 3.63) is 119 Å². The molecule has 3 amide bonds. The van der Waals surface area contributed by atoms with Crippen molar-refractivity contribution in [1.29, 1.82) is 0 Å². The van der Waals surface area contributed by atoms with E-state index in [1.165, 1.54) is 60.4 Å². The Kier molecular flexibility index (Phi) is 12.3. The summed E-state index contributed by atoms with van der Waals surface area (Å²) in [6, 6.07) is 17.5. The van der Waals surface area contributed by atoms with Crippen LogP contribution in [0.2, 0.25) is 0 Å². The molecule has 0 aliphatic carbocycles. The monoisotopic (exact) mass is 748 g/mol. The maximum absolute atomic E-state index is 14.0. The Hall–Kier alpha value is -5.12. The molecular weight excluding hydrogens is 704 g/mol. The Balaban J connectivity index is 1.39. The van der Waals surface area contributed by atoms with E-state index >= 15 is 0 Å². The van der Waals surface area contributed by atoms with E-state index in [0.717, 1.165) is 16.1 Å². The predicted octanol–water partition coefficient (Wildman–Crippen LogP) is 3.56. The number of hydrogen-bond acceptors (Lipinski definition) is 8. The number of nitrogens with zero attached hydrogens (tertiary/aromatic N) is 4. The molecule has 5 atom stereocenters. The summed E-state index contributed by atoms with van der Waals surface area (Å²) in [6.45, 7) is 6.35. The Morgan fingerprint density at radius 1 is 0.962 bits per heavy atom. The molecule has 13 nitrogen and oxygen atoms in total. The molecule has 1 fully saturated rings. The normalized spacial score (nSPS) is 17.8. The number of nitrogens with one attached hydrogen (secondary N) is 2. The van der Waals surface area contributed by atoms with Gasteiger partial charge in [0.15, 0.2) is 0 Å². The lowest BCUT2D eigenvalue weighted by molar-refractivity contribution is -0.0586. The van der Waals surface area contributed by atoms with Gasteiger partial charge in [-0.3, -0.25) is 23.4 Å². The number of hydrogen-bond donors (Lipinski definition) is 3. The van der Waals surface area contributed by atoms with Crippen molar-refractivity contribution in [2.45, 2.75) is 64.1 Å². The lowest BCUT2D eigenvalue weighted by Crippen LogP contribution is -2.48. The molecule has 282 valence electrons. The maximum Gasteiger partial charge on any atom is 0.257 e. The maximum atomic E-state index is 14.0. The molecule has 2 unspecified atom stereocenters. The van der Waals surface area contributed by atoms with Crippen LogP contribution in [-0.2, 0) is 27.7 Å². The number of morpholine rings is 1. The van der Waals surface area contributed by atoms with E-state index in [4.69, 9.17) is 4.74 Å². The van der Waals surface area contributed by atoms with E-state index in [1.54, 1.807) is 18.0 Å². The molecule has 5 rings (SSSR count). The van der Waals surface area contributed by atoms with E-state index < -0.39 is 45.8 Å². The highest BCUT2D eigenvalue weighted by molar-refractivity contribution is 7.92. The average Bonchev–Trinajstić information content (AvgIpc) is 3.58. The second-order valence-corrected chi connectivity index (χ2v) is 15.5. The Morgan fingerprint density at radius 3 is 2.17 bits per heavy atom. The Bertz CT molecular complexity index is 2020. The highest BCUT2D eigenvalue weighted by atomic mass is 32.2. The molecule has 1 saturated heterocycles. The lowest BCUT2D eigenvalue weighted by atomic mass is 10.00. The molecule has 4 aromatic rings. The van der Waals surface area contributed by atoms with Crippen molar-refractivity contribution >= 4 is 33.4 Å². The number of halogens is 1. The highest BCUT2D eigenvalue weighted by Gasteiger charge is 2.29. The predicted molar refractivity (Wildman–Crippen MR) is 198 cm³/mol. The molecule has 3 aromatic carbocycles. The van der Waals surface area contributed by atoms with E-state index in [1.807, 2.05) is 44.2 Å². The summed E-state index contributed by atoms with van der Waals surface area (Å²) in [4.78, 5) is 42.4. The third-order valence-corrected chi connectivity index (χ3v) is 10.3. The quantitative estimate of drug-likeness (QED) is 0.187. The van der Waals surface area contributed by atoms with E-state index in [2.05, 4.69) is 15.7 Å². The smallest absolute Gasteiger partial charge is 0.257 e. The van der Waals surface area contributed by atoms with Crippen LogP contribution in [0.15, 0.2) is 85.2 Å². The second kappa shape index (κ2) is 16.7. The van der Waals surface area contributed by atoms with E-state index in [-0.39, 0.29) is 47.9 Å². The number of aromatic nitrogens is 2. The molecule has 2 heterocycles. The number of aliphatic hydroxyl groups excluding tert-OH is 1. The summed E-state index contributed by atoms with van der Waals surface area (Å²) in [5.74, 6) is -1.88. The molecule has 0 spiro atoms. The fourth-order valence-corrected chi connectivity index (χ4v) is 6.67. The van der Waals surface area contributed by atoms with Crippen molar-refractivity contribution < 1.29 is 37.0 Å². The highest BCUT2D eigenvalue weighted by Crippen LogP contribution is 2.23. The van der Waals surface area contributed by atoms with Gasteiger partial charge < -0.3 is 25.4 Å². The molecule has 1 aliphatic rings. The van der Waals surface area contributed by atoms with Crippen LogP contribution in [-0.4, -0.2) is 96.7 Å². The number of rotatable bonds is 13. The van der Waals surface area contributed by atoms with Crippen molar-refractivity contribution in [1.82, 2.24) is 25.3 Å². The van der Waals surface area contributed by atoms with Crippen LogP contribution in [0.25, 0.3) is 0 Å². The van der Waals surface area contributed by atoms with Crippen LogP contribution in [0.1, 0.15) is 69.0 Å². The minimum absolute atomic E-state index is 0.00932. The number of sulfonamides is 1. The zero-order valence-electron chi connectivity index (χ0n) is 30.3. The van der Waals surface area contributed by atoms with Crippen LogP contribution in [0.4, 0.5) is 10.1 Å². The lowest BCUT2D eigenvalue weighted by Gasteiger charge is -2.35. The number of ether oxygens (including phenoxy) is 1. The fraction of sp³-hybridized carbons (Fsp3) is 0.368. The van der Waals surface area contributed by atoms with E-state index in [9.17, 15) is 32.3 Å². The number of anilines is 1. The third kappa shape index (κ3) is 10.3. The SMILES string of the molecule is CC1CN(C(=O)c2cnn(C[C@H](O)[C@H](Cc3ccccc3)NC(=O)c3cc(C(=O)N[C@H](C)c4ccc(F)cc4)cc(N(C)S(C)(=O)=O)c3)c2)CC(C)O1. The third-order valence-electron chi connectivity index (χ3n) is 9.06. The van der Waals surface area contributed by atoms with Gasteiger partial charge in [0.1, 0.15) is 5.82 Å². The van der Waals surface area contributed by atoms with Crippen LogP contribution >= 0.6 is 0 Å². The van der Waals surface area contributed by atoms with Gasteiger partial charge in [-0.15, -0.1) is 0 Å². The van der Waals surface area contributed by atoms with Gasteiger partial charge in [0, 0.05) is 37.5 Å². The van der Waals surface area contributed by atoms with Crippen molar-refractivity contribution in [2.75, 3.05) is 30.7 Å². The van der Waals surface area contributed by atoms with Crippen LogP contribution < -0.4 is 14.9 Å². The van der Waals surface area contributed by atoms with Crippen molar-refractivity contribution in [3.8, 4) is 0 Å². The van der Waals surface area contributed by atoms with Gasteiger partial charge in [0.2, 0.25) is 10.0 Å². The average molecular weight is 749 g/mol. The molecule has 1 aliphatic heterocycles. The Labute approximate surface area is 308 Å². The summed E-state index contributed by atoms with van der Waals surface area (Å²) < 4.78 is 46.7. The Morgan fingerprint density at radius 2 is 1.57 bits per heavy atom. The standard InChI is InChI=1S/C38H45FN6O7S/c1-24-20-44(21-25(2)52-24)38(49)31-19-40-45(22-31)23-35(46)34(15-27-9-7-6-8-10-27)42-37(48)30-16-29(17-33(18-30)43(4)53(5,50)51)36(47)41-26(3)28-11-13-32(39)14-12-28/h6-14,16-19,22,24-26,34-35,46H,15,20-21,23H2,1-5H3,(H,41,47)(H,42,48)/t24?,25?,26-,34+,35+/m1/s1. The zero-order chi connectivity index (χ0) is 38.4. The first kappa shape index (κ1) is 39.1. The van der Waals surface area contributed by atoms with Crippen molar-refractivity contribution in [3.63, 3.8) is 0 Å². The van der Waals surface area contributed by atoms with Gasteiger partial charge in [0.05, 0.1) is 60.6 Å². The number of aliphatic hydroxyl groups is 1. The molecule has 15 heteroatoms. The summed E-state index contributed by atoms with van der Waals surface area (Å²) in [5, 5.41) is 21.5. The second-order valence-electron chi connectivity index (χ2n) is 13.5. The molecule has 1 aromatic heterocycles. The van der Waals surface area contributed by atoms with Gasteiger partial charge in [0.25, 0.3) is 17.7 Å². The largest absolute Gasteiger partial charge is 0.389 e. The van der Waals surface area contributed by atoms with Gasteiger partial charge in [-0.05, 0) is 68.7 Å². The molecular formula is C38H45FN6O7S. The minimum Gasteiger partial charge on any atom is -0.389 e. The number of benzene rings is 3. The van der Waals surface area contributed by atoms with Crippen LogP contribution in [0, 0.1) is 5.82 Å². The van der Waals surface area contributed by atoms with E-state index in [0.29, 0.717) is 24.2 Å². The number of carbonyl (C=O) groups is 3. The molecule has 0 saturated carbocycles. The summed E-state index contributed by atoms with van der Waals surface area (Å²) in [7, 11) is -2.48. The molecule has 0 radical (unpaired) electrons. The van der Waals surface area contributed by atoms with Gasteiger partial charge >= 0.3 is 0 Å². The zero-order valence-corrected chi connectivity index (χ0v) is 31.1. The van der Waals surface area contributed by atoms with Gasteiger partial charge in [-0.1, -0.05) is 42.5 Å². The van der Waals surface area contributed by atoms with Gasteiger partial charge in [-0.2, -0.15) is 5.10 Å². The molecule has 53 heavy (non-hydrogen) atoms. The van der Waals surface area contributed by atoms with Gasteiger partial charge in [-0.25, -0.2) is 12.8 Å². The first-order valence-corrected chi connectivity index (χ1v) is 19.1. The first-order valence-electron chi connectivity index (χ1n) is 17.2. The summed E-state index contributed by atoms with van der Waals surface area (Å²) >= 11 is 0. The topological polar surface area (TPSA) is 163 Å². The van der Waals surface area contributed by atoms with Crippen LogP contribution in [0.5, 0.6) is 0 Å². The molecule has 0 bridgehead atoms. The number of amides is 3. The minimum atomic E-state index is -3.79. The summed E-state index contributed by atoms with van der Waals surface area (Å²) in [5.41, 5.74) is 1.87. The first-order chi connectivity index (χ1) is 25.1. The van der Waals surface area contributed by atoms with Crippen LogP contribution in [0.3, 0.4) is 0 Å². The fourth-order valence-electron chi connectivity index (χ4n) is 6.18.